The number of carbonyl (C=O) groups excluding carboxylic acids is 2. The van der Waals surface area contributed by atoms with Crippen molar-refractivity contribution in [3.63, 3.8) is 0 Å². The second kappa shape index (κ2) is 8.19. The fraction of sp³-hybridized carbons (Fsp3) is 0.263. The molecule has 1 aliphatic heterocycles. The summed E-state index contributed by atoms with van der Waals surface area (Å²) in [6.45, 7) is 1.61. The van der Waals surface area contributed by atoms with Crippen LogP contribution in [-0.2, 0) is 4.79 Å². The first-order valence-electron chi connectivity index (χ1n) is 8.41. The van der Waals surface area contributed by atoms with Crippen molar-refractivity contribution in [3.8, 4) is 0 Å². The first kappa shape index (κ1) is 18.2. The standard InChI is InChI=1S/C19H19ClFN3O2/c20-16-11-15(7-8-17(16)21)22-12-18(25)23-14-5-3-13(4-6-14)19(26)24-9-1-2-10-24/h3-8,11,22H,1-2,9-10,12H2,(H,23,25). The summed E-state index contributed by atoms with van der Waals surface area (Å²) in [7, 11) is 0. The van der Waals surface area contributed by atoms with Crippen LogP contribution in [0, 0.1) is 5.82 Å². The Kier molecular flexibility index (Phi) is 5.73. The smallest absolute Gasteiger partial charge is 0.253 e. The van der Waals surface area contributed by atoms with Crippen molar-refractivity contribution in [2.75, 3.05) is 30.3 Å². The highest BCUT2D eigenvalue weighted by Crippen LogP contribution is 2.19. The van der Waals surface area contributed by atoms with Crippen molar-refractivity contribution >= 4 is 34.8 Å². The van der Waals surface area contributed by atoms with Gasteiger partial charge in [0.05, 0.1) is 11.6 Å². The number of likely N-dealkylation sites (tertiary alicyclic amines) is 1. The Balaban J connectivity index is 1.52. The SMILES string of the molecule is O=C(CNc1ccc(F)c(Cl)c1)Nc1ccc(C(=O)N2CCCC2)cc1. The molecule has 0 unspecified atom stereocenters. The van der Waals surface area contributed by atoms with Gasteiger partial charge in [-0.1, -0.05) is 11.6 Å². The molecule has 1 aliphatic rings. The lowest BCUT2D eigenvalue weighted by Crippen LogP contribution is -2.27. The van der Waals surface area contributed by atoms with Gasteiger partial charge in [0.2, 0.25) is 5.91 Å². The molecule has 1 heterocycles. The maximum atomic E-state index is 13.1. The van der Waals surface area contributed by atoms with Gasteiger partial charge in [-0.05, 0) is 55.3 Å². The van der Waals surface area contributed by atoms with E-state index in [1.165, 1.54) is 18.2 Å². The molecular weight excluding hydrogens is 357 g/mol. The van der Waals surface area contributed by atoms with Crippen LogP contribution in [-0.4, -0.2) is 36.3 Å². The van der Waals surface area contributed by atoms with Crippen molar-refractivity contribution in [2.45, 2.75) is 12.8 Å². The number of rotatable bonds is 5. The molecule has 2 aromatic carbocycles. The average Bonchev–Trinajstić information content (AvgIpc) is 3.17. The van der Waals surface area contributed by atoms with Gasteiger partial charge in [0.15, 0.2) is 0 Å². The molecule has 0 aromatic heterocycles. The molecule has 2 amide bonds. The Morgan fingerprint density at radius 2 is 1.69 bits per heavy atom. The number of anilines is 2. The van der Waals surface area contributed by atoms with Gasteiger partial charge < -0.3 is 15.5 Å². The quantitative estimate of drug-likeness (QED) is 0.836. The lowest BCUT2D eigenvalue weighted by atomic mass is 10.2. The van der Waals surface area contributed by atoms with Crippen molar-refractivity contribution < 1.29 is 14.0 Å². The molecule has 5 nitrogen and oxygen atoms in total. The Morgan fingerprint density at radius 1 is 1.04 bits per heavy atom. The number of hydrogen-bond donors (Lipinski definition) is 2. The molecule has 2 N–H and O–H groups in total. The maximum Gasteiger partial charge on any atom is 0.253 e. The summed E-state index contributed by atoms with van der Waals surface area (Å²) in [5, 5.41) is 5.61. The highest BCUT2D eigenvalue weighted by Gasteiger charge is 2.19. The minimum absolute atomic E-state index is 0.00586. The molecule has 1 fully saturated rings. The van der Waals surface area contributed by atoms with E-state index in [9.17, 15) is 14.0 Å². The summed E-state index contributed by atoms with van der Waals surface area (Å²) in [6.07, 6.45) is 2.10. The summed E-state index contributed by atoms with van der Waals surface area (Å²) >= 11 is 5.70. The number of nitrogens with one attached hydrogen (secondary N) is 2. The maximum absolute atomic E-state index is 13.1. The first-order chi connectivity index (χ1) is 12.5. The number of carbonyl (C=O) groups is 2. The fourth-order valence-electron chi connectivity index (χ4n) is 2.79. The minimum Gasteiger partial charge on any atom is -0.376 e. The van der Waals surface area contributed by atoms with Crippen LogP contribution in [0.3, 0.4) is 0 Å². The van der Waals surface area contributed by atoms with Gasteiger partial charge in [0, 0.05) is 30.0 Å². The summed E-state index contributed by atoms with van der Waals surface area (Å²) in [5.74, 6) is -0.746. The van der Waals surface area contributed by atoms with E-state index in [1.807, 2.05) is 4.90 Å². The van der Waals surface area contributed by atoms with E-state index < -0.39 is 5.82 Å². The molecule has 1 saturated heterocycles. The number of hydrogen-bond acceptors (Lipinski definition) is 3. The molecule has 0 spiro atoms. The number of halogens is 2. The molecular formula is C19H19ClFN3O2. The molecule has 26 heavy (non-hydrogen) atoms. The van der Waals surface area contributed by atoms with E-state index in [2.05, 4.69) is 10.6 Å². The van der Waals surface area contributed by atoms with Gasteiger partial charge in [-0.25, -0.2) is 4.39 Å². The molecule has 2 aromatic rings. The zero-order valence-corrected chi connectivity index (χ0v) is 14.9. The Morgan fingerprint density at radius 3 is 2.35 bits per heavy atom. The van der Waals surface area contributed by atoms with Crippen LogP contribution in [0.5, 0.6) is 0 Å². The van der Waals surface area contributed by atoms with Crippen LogP contribution in [0.1, 0.15) is 23.2 Å². The third-order valence-electron chi connectivity index (χ3n) is 4.18. The van der Waals surface area contributed by atoms with Crippen LogP contribution in [0.15, 0.2) is 42.5 Å². The Hall–Kier alpha value is -2.60. The van der Waals surface area contributed by atoms with Gasteiger partial charge in [-0.15, -0.1) is 0 Å². The molecule has 0 aliphatic carbocycles. The Labute approximate surface area is 156 Å². The molecule has 0 saturated carbocycles. The second-order valence-electron chi connectivity index (χ2n) is 6.11. The summed E-state index contributed by atoms with van der Waals surface area (Å²) in [5.41, 5.74) is 1.77. The van der Waals surface area contributed by atoms with Crippen molar-refractivity contribution in [2.24, 2.45) is 0 Å². The van der Waals surface area contributed by atoms with Crippen molar-refractivity contribution in [3.05, 3.63) is 58.9 Å². The zero-order valence-electron chi connectivity index (χ0n) is 14.1. The van der Waals surface area contributed by atoms with Crippen LogP contribution < -0.4 is 10.6 Å². The summed E-state index contributed by atoms with van der Waals surface area (Å²) in [4.78, 5) is 26.1. The largest absolute Gasteiger partial charge is 0.376 e. The van der Waals surface area contributed by atoms with Gasteiger partial charge in [0.1, 0.15) is 5.82 Å². The van der Waals surface area contributed by atoms with Gasteiger partial charge in [0.25, 0.3) is 5.91 Å². The van der Waals surface area contributed by atoms with E-state index in [1.54, 1.807) is 24.3 Å². The summed E-state index contributed by atoms with van der Waals surface area (Å²) < 4.78 is 13.1. The van der Waals surface area contributed by atoms with E-state index in [0.29, 0.717) is 16.9 Å². The number of nitrogens with zero attached hydrogens (tertiary/aromatic N) is 1. The van der Waals surface area contributed by atoms with Crippen molar-refractivity contribution in [1.29, 1.82) is 0 Å². The molecule has 0 atom stereocenters. The van der Waals surface area contributed by atoms with Crippen molar-refractivity contribution in [1.82, 2.24) is 4.90 Å². The molecule has 3 rings (SSSR count). The van der Waals surface area contributed by atoms with Gasteiger partial charge in [-0.3, -0.25) is 9.59 Å². The van der Waals surface area contributed by atoms with Gasteiger partial charge in [-0.2, -0.15) is 0 Å². The fourth-order valence-corrected chi connectivity index (χ4v) is 2.97. The molecule has 136 valence electrons. The molecule has 0 radical (unpaired) electrons. The van der Waals surface area contributed by atoms with Crippen LogP contribution in [0.25, 0.3) is 0 Å². The predicted octanol–water partition coefficient (Wildman–Crippen LogP) is 3.77. The molecule has 7 heteroatoms. The highest BCUT2D eigenvalue weighted by molar-refractivity contribution is 6.31. The van der Waals surface area contributed by atoms with Gasteiger partial charge >= 0.3 is 0 Å². The first-order valence-corrected chi connectivity index (χ1v) is 8.79. The van der Waals surface area contributed by atoms with Crippen LogP contribution in [0.4, 0.5) is 15.8 Å². The van der Waals surface area contributed by atoms with E-state index in [4.69, 9.17) is 11.6 Å². The number of benzene rings is 2. The third-order valence-corrected chi connectivity index (χ3v) is 4.47. The van der Waals surface area contributed by atoms with E-state index in [-0.39, 0.29) is 23.4 Å². The van der Waals surface area contributed by atoms with Crippen LogP contribution >= 0.6 is 11.6 Å². The van der Waals surface area contributed by atoms with E-state index in [0.717, 1.165) is 25.9 Å². The minimum atomic E-state index is -0.509. The Bertz CT molecular complexity index is 805. The van der Waals surface area contributed by atoms with Crippen LogP contribution in [0.2, 0.25) is 5.02 Å². The number of amides is 2. The molecule has 0 bridgehead atoms. The lowest BCUT2D eigenvalue weighted by Gasteiger charge is -2.15. The third kappa shape index (κ3) is 4.52. The predicted molar refractivity (Wildman–Crippen MR) is 100 cm³/mol. The topological polar surface area (TPSA) is 61.4 Å². The normalized spacial score (nSPS) is 13.5. The monoisotopic (exact) mass is 375 g/mol. The lowest BCUT2D eigenvalue weighted by molar-refractivity contribution is -0.114. The summed E-state index contributed by atoms with van der Waals surface area (Å²) in [6, 6.07) is 11.0. The zero-order chi connectivity index (χ0) is 18.5. The second-order valence-corrected chi connectivity index (χ2v) is 6.51. The highest BCUT2D eigenvalue weighted by atomic mass is 35.5. The average molecular weight is 376 g/mol. The van der Waals surface area contributed by atoms with E-state index >= 15 is 0 Å².